The van der Waals surface area contributed by atoms with Gasteiger partial charge in [0, 0.05) is 17.2 Å². The lowest BCUT2D eigenvalue weighted by atomic mass is 10.1. The van der Waals surface area contributed by atoms with Gasteiger partial charge in [-0.1, -0.05) is 0 Å². The first kappa shape index (κ1) is 12.0. The highest BCUT2D eigenvalue weighted by Crippen LogP contribution is 2.25. The average Bonchev–Trinajstić information content (AvgIpc) is 2.14. The molecule has 0 atom stereocenters. The molecule has 0 saturated heterocycles. The second-order valence-electron chi connectivity index (χ2n) is 3.04. The lowest BCUT2D eigenvalue weighted by Crippen LogP contribution is -2.06. The van der Waals surface area contributed by atoms with Gasteiger partial charge in [-0.3, -0.25) is 0 Å². The van der Waals surface area contributed by atoms with E-state index in [2.05, 4.69) is 0 Å². The van der Waals surface area contributed by atoms with Gasteiger partial charge in [-0.15, -0.1) is 0 Å². The maximum Gasteiger partial charge on any atom is 0.261 e. The number of hydrogen-bond acceptors (Lipinski definition) is 4. The molecule has 2 N–H and O–H groups in total. The molecule has 1 rings (SSSR count). The zero-order valence-corrected chi connectivity index (χ0v) is 9.56. The Hall–Kier alpha value is -1.09. The van der Waals surface area contributed by atoms with Crippen LogP contribution in [0.25, 0.3) is 0 Å². The Labute approximate surface area is 92.7 Å². The Morgan fingerprint density at radius 2 is 2.13 bits per heavy atom. The van der Waals surface area contributed by atoms with Crippen molar-refractivity contribution in [3.63, 3.8) is 0 Å². The first-order chi connectivity index (χ1) is 6.90. The summed E-state index contributed by atoms with van der Waals surface area (Å²) in [4.78, 5) is 0.00525. The molecule has 80 valence electrons. The highest BCUT2D eigenvalue weighted by molar-refractivity contribution is 8.13. The predicted molar refractivity (Wildman–Crippen MR) is 56.8 cm³/mol. The van der Waals surface area contributed by atoms with Crippen LogP contribution in [0.2, 0.25) is 0 Å². The summed E-state index contributed by atoms with van der Waals surface area (Å²) >= 11 is 0. The summed E-state index contributed by atoms with van der Waals surface area (Å²) in [5.41, 5.74) is 6.58. The molecule has 0 radical (unpaired) electrons. The van der Waals surface area contributed by atoms with E-state index < -0.39 is 9.05 Å². The molecule has 0 aliphatic carbocycles. The van der Waals surface area contributed by atoms with Gasteiger partial charge >= 0.3 is 0 Å². The van der Waals surface area contributed by atoms with Crippen molar-refractivity contribution >= 4 is 19.7 Å². The smallest absolute Gasteiger partial charge is 0.261 e. The Bertz CT molecular complexity index is 532. The molecule has 0 heterocycles. The minimum absolute atomic E-state index is 0.00525. The number of nitrogens with two attached hydrogens (primary N) is 1. The van der Waals surface area contributed by atoms with Crippen LogP contribution in [-0.4, -0.2) is 8.42 Å². The fraction of sp³-hybridized carbons (Fsp3) is 0.222. The maximum atomic E-state index is 11.3. The largest absolute Gasteiger partial charge is 0.326 e. The number of halogens is 1. The van der Waals surface area contributed by atoms with Crippen molar-refractivity contribution in [1.29, 1.82) is 5.26 Å². The van der Waals surface area contributed by atoms with Gasteiger partial charge in [-0.2, -0.15) is 5.26 Å². The molecule has 0 unspecified atom stereocenters. The van der Waals surface area contributed by atoms with Gasteiger partial charge in [-0.05, 0) is 30.2 Å². The fourth-order valence-corrected chi connectivity index (χ4v) is 2.97. The van der Waals surface area contributed by atoms with Crippen LogP contribution >= 0.6 is 10.7 Å². The molecule has 6 heteroatoms. The van der Waals surface area contributed by atoms with Crippen molar-refractivity contribution in [2.45, 2.75) is 18.4 Å². The minimum atomic E-state index is -3.82. The standard InChI is InChI=1S/C9H9ClN2O2S/c1-6-2-7(4-11)3-8(5-12)9(6)15(10,13)14/h2-3H,5,12H2,1H3. The summed E-state index contributed by atoms with van der Waals surface area (Å²) in [6.07, 6.45) is 0. The van der Waals surface area contributed by atoms with Crippen molar-refractivity contribution in [3.8, 4) is 6.07 Å². The molecule has 1 aromatic carbocycles. The minimum Gasteiger partial charge on any atom is -0.326 e. The van der Waals surface area contributed by atoms with Crippen LogP contribution in [0.3, 0.4) is 0 Å². The quantitative estimate of drug-likeness (QED) is 0.794. The predicted octanol–water partition coefficient (Wildman–Crippen LogP) is 1.25. The molecule has 0 aliphatic rings. The molecule has 1 aromatic rings. The van der Waals surface area contributed by atoms with E-state index in [4.69, 9.17) is 21.7 Å². The van der Waals surface area contributed by atoms with Crippen molar-refractivity contribution in [2.24, 2.45) is 5.73 Å². The van der Waals surface area contributed by atoms with Crippen LogP contribution in [0, 0.1) is 18.3 Å². The summed E-state index contributed by atoms with van der Waals surface area (Å²) in [6, 6.07) is 4.83. The average molecular weight is 245 g/mol. The van der Waals surface area contributed by atoms with Crippen molar-refractivity contribution < 1.29 is 8.42 Å². The highest BCUT2D eigenvalue weighted by Gasteiger charge is 2.18. The molecule has 0 bridgehead atoms. The van der Waals surface area contributed by atoms with E-state index in [0.29, 0.717) is 16.7 Å². The third-order valence-electron chi connectivity index (χ3n) is 1.94. The van der Waals surface area contributed by atoms with Crippen LogP contribution < -0.4 is 5.73 Å². The van der Waals surface area contributed by atoms with Gasteiger partial charge in [0.15, 0.2) is 0 Å². The van der Waals surface area contributed by atoms with Gasteiger partial charge in [0.25, 0.3) is 9.05 Å². The number of aryl methyl sites for hydroxylation is 1. The van der Waals surface area contributed by atoms with E-state index in [-0.39, 0.29) is 11.4 Å². The summed E-state index contributed by atoms with van der Waals surface area (Å²) in [5, 5.41) is 8.70. The first-order valence-corrected chi connectivity index (χ1v) is 6.39. The third-order valence-corrected chi connectivity index (χ3v) is 3.48. The lowest BCUT2D eigenvalue weighted by molar-refractivity contribution is 0.608. The summed E-state index contributed by atoms with van der Waals surface area (Å²) in [5.74, 6) is 0. The summed E-state index contributed by atoms with van der Waals surface area (Å²) in [6.45, 7) is 1.60. The van der Waals surface area contributed by atoms with E-state index in [1.54, 1.807) is 6.92 Å². The van der Waals surface area contributed by atoms with Gasteiger partial charge in [0.2, 0.25) is 0 Å². The number of benzene rings is 1. The fourth-order valence-electron chi connectivity index (χ4n) is 1.41. The molecule has 0 saturated carbocycles. The molecule has 0 spiro atoms. The Morgan fingerprint density at radius 3 is 2.53 bits per heavy atom. The maximum absolute atomic E-state index is 11.3. The normalized spacial score (nSPS) is 11.1. The van der Waals surface area contributed by atoms with Crippen molar-refractivity contribution in [2.75, 3.05) is 0 Å². The number of nitrogens with zero attached hydrogens (tertiary/aromatic N) is 1. The van der Waals surface area contributed by atoms with E-state index in [1.165, 1.54) is 12.1 Å². The first-order valence-electron chi connectivity index (χ1n) is 4.08. The lowest BCUT2D eigenvalue weighted by Gasteiger charge is -2.08. The molecule has 0 aromatic heterocycles. The molecular weight excluding hydrogens is 236 g/mol. The SMILES string of the molecule is Cc1cc(C#N)cc(CN)c1S(=O)(=O)Cl. The molecule has 0 amide bonds. The summed E-state index contributed by atoms with van der Waals surface area (Å²) < 4.78 is 22.5. The Morgan fingerprint density at radius 1 is 1.53 bits per heavy atom. The van der Waals surface area contributed by atoms with Gasteiger partial charge in [0.05, 0.1) is 16.5 Å². The Kier molecular flexibility index (Phi) is 3.35. The zero-order chi connectivity index (χ0) is 11.6. The number of rotatable bonds is 2. The monoisotopic (exact) mass is 244 g/mol. The molecular formula is C9H9ClN2O2S. The molecule has 15 heavy (non-hydrogen) atoms. The van der Waals surface area contributed by atoms with Crippen LogP contribution in [0.5, 0.6) is 0 Å². The molecule has 0 fully saturated rings. The zero-order valence-electron chi connectivity index (χ0n) is 7.99. The highest BCUT2D eigenvalue weighted by atomic mass is 35.7. The van der Waals surface area contributed by atoms with Gasteiger partial charge in [0.1, 0.15) is 0 Å². The van der Waals surface area contributed by atoms with Crippen molar-refractivity contribution in [3.05, 3.63) is 28.8 Å². The van der Waals surface area contributed by atoms with Gasteiger partial charge in [-0.25, -0.2) is 8.42 Å². The van der Waals surface area contributed by atoms with Crippen LogP contribution in [-0.2, 0) is 15.6 Å². The third kappa shape index (κ3) is 2.48. The van der Waals surface area contributed by atoms with Crippen LogP contribution in [0.15, 0.2) is 17.0 Å². The van der Waals surface area contributed by atoms with Crippen LogP contribution in [0.4, 0.5) is 0 Å². The molecule has 4 nitrogen and oxygen atoms in total. The number of nitriles is 1. The molecule has 0 aliphatic heterocycles. The van der Waals surface area contributed by atoms with Gasteiger partial charge < -0.3 is 5.73 Å². The Balaban J connectivity index is 3.61. The van der Waals surface area contributed by atoms with E-state index >= 15 is 0 Å². The van der Waals surface area contributed by atoms with Crippen LogP contribution in [0.1, 0.15) is 16.7 Å². The second-order valence-corrected chi connectivity index (χ2v) is 5.54. The summed E-state index contributed by atoms with van der Waals surface area (Å²) in [7, 11) is 1.46. The van der Waals surface area contributed by atoms with E-state index in [0.717, 1.165) is 0 Å². The number of hydrogen-bond donors (Lipinski definition) is 1. The van der Waals surface area contributed by atoms with E-state index in [1.807, 2.05) is 6.07 Å². The second kappa shape index (κ2) is 4.19. The topological polar surface area (TPSA) is 83.9 Å². The van der Waals surface area contributed by atoms with Crippen molar-refractivity contribution in [1.82, 2.24) is 0 Å². The van der Waals surface area contributed by atoms with E-state index in [9.17, 15) is 8.42 Å².